The fraction of sp³-hybridized carbons (Fsp3) is 0.385. The number of anilines is 1. The Balaban J connectivity index is 2.55. The fourth-order valence-corrected chi connectivity index (χ4v) is 1.30. The summed E-state index contributed by atoms with van der Waals surface area (Å²) in [6.07, 6.45) is 0.870. The molecule has 0 saturated carbocycles. The molecule has 0 bridgehead atoms. The highest BCUT2D eigenvalue weighted by Crippen LogP contribution is 2.23. The fourth-order valence-electron chi connectivity index (χ4n) is 1.30. The van der Waals surface area contributed by atoms with Crippen LogP contribution in [0.4, 0.5) is 5.69 Å². The lowest BCUT2D eigenvalue weighted by Gasteiger charge is -2.10. The molecule has 0 spiro atoms. The highest BCUT2D eigenvalue weighted by molar-refractivity contribution is 5.93. The van der Waals surface area contributed by atoms with Gasteiger partial charge in [-0.05, 0) is 18.6 Å². The number of para-hydroxylation sites is 2. The lowest BCUT2D eigenvalue weighted by molar-refractivity contribution is -0.120. The summed E-state index contributed by atoms with van der Waals surface area (Å²) < 4.78 is 10.3. The largest absolute Gasteiger partial charge is 0.477 e. The van der Waals surface area contributed by atoms with E-state index in [2.05, 4.69) is 5.32 Å². The minimum absolute atomic E-state index is 0.0143. The topological polar surface area (TPSA) is 71.3 Å². The summed E-state index contributed by atoms with van der Waals surface area (Å²) in [7, 11) is 0. The SMILES string of the molecule is CCCOCC(=O)Nc1ccccc1OCC#N. The lowest BCUT2D eigenvalue weighted by atomic mass is 10.3. The maximum atomic E-state index is 11.6. The summed E-state index contributed by atoms with van der Waals surface area (Å²) in [6.45, 7) is 2.49. The molecule has 0 radical (unpaired) electrons. The average molecular weight is 248 g/mol. The number of hydrogen-bond acceptors (Lipinski definition) is 4. The van der Waals surface area contributed by atoms with Crippen molar-refractivity contribution in [3.63, 3.8) is 0 Å². The van der Waals surface area contributed by atoms with E-state index in [1.54, 1.807) is 24.3 Å². The van der Waals surface area contributed by atoms with Gasteiger partial charge >= 0.3 is 0 Å². The first-order valence-corrected chi connectivity index (χ1v) is 5.74. The van der Waals surface area contributed by atoms with Crippen LogP contribution in [0.5, 0.6) is 5.75 Å². The Bertz CT molecular complexity index is 426. The van der Waals surface area contributed by atoms with Crippen LogP contribution in [-0.4, -0.2) is 25.7 Å². The van der Waals surface area contributed by atoms with Crippen molar-refractivity contribution in [2.24, 2.45) is 0 Å². The smallest absolute Gasteiger partial charge is 0.250 e. The summed E-state index contributed by atoms with van der Waals surface area (Å²) in [5.41, 5.74) is 0.540. The number of nitrogens with zero attached hydrogens (tertiary/aromatic N) is 1. The van der Waals surface area contributed by atoms with E-state index in [-0.39, 0.29) is 19.1 Å². The van der Waals surface area contributed by atoms with E-state index in [1.807, 2.05) is 13.0 Å². The number of nitriles is 1. The molecule has 0 saturated heterocycles. The molecule has 96 valence electrons. The minimum atomic E-state index is -0.239. The molecule has 1 N–H and O–H groups in total. The molecule has 0 aliphatic carbocycles. The molecule has 18 heavy (non-hydrogen) atoms. The zero-order valence-corrected chi connectivity index (χ0v) is 10.3. The van der Waals surface area contributed by atoms with Crippen LogP contribution in [0, 0.1) is 11.3 Å². The van der Waals surface area contributed by atoms with Gasteiger partial charge in [-0.25, -0.2) is 0 Å². The summed E-state index contributed by atoms with van der Waals surface area (Å²) in [5, 5.41) is 11.1. The molecule has 0 aliphatic rings. The van der Waals surface area contributed by atoms with Crippen LogP contribution >= 0.6 is 0 Å². The summed E-state index contributed by atoms with van der Waals surface area (Å²) in [5.74, 6) is 0.236. The van der Waals surface area contributed by atoms with E-state index < -0.39 is 0 Å². The maximum absolute atomic E-state index is 11.6. The Kier molecular flexibility index (Phi) is 6.30. The van der Waals surface area contributed by atoms with Crippen molar-refractivity contribution in [1.29, 1.82) is 5.26 Å². The first-order chi connectivity index (χ1) is 8.77. The van der Waals surface area contributed by atoms with Crippen LogP contribution in [0.1, 0.15) is 13.3 Å². The Hall–Kier alpha value is -2.06. The van der Waals surface area contributed by atoms with Crippen molar-refractivity contribution in [2.75, 3.05) is 25.1 Å². The zero-order chi connectivity index (χ0) is 13.2. The van der Waals surface area contributed by atoms with Crippen LogP contribution < -0.4 is 10.1 Å². The number of carbonyl (C=O) groups is 1. The second kappa shape index (κ2) is 8.09. The number of ether oxygens (including phenoxy) is 2. The second-order valence-electron chi connectivity index (χ2n) is 3.54. The summed E-state index contributed by atoms with van der Waals surface area (Å²) in [6, 6.07) is 8.84. The van der Waals surface area contributed by atoms with Crippen molar-refractivity contribution < 1.29 is 14.3 Å². The molecular weight excluding hydrogens is 232 g/mol. The first kappa shape index (κ1) is 14.0. The standard InChI is InChI=1S/C13H16N2O3/c1-2-8-17-10-13(16)15-11-5-3-4-6-12(11)18-9-7-14/h3-6H,2,8-10H2,1H3,(H,15,16). The summed E-state index contributed by atoms with van der Waals surface area (Å²) >= 11 is 0. The van der Waals surface area contributed by atoms with Gasteiger partial charge < -0.3 is 14.8 Å². The summed E-state index contributed by atoms with van der Waals surface area (Å²) in [4.78, 5) is 11.6. The predicted octanol–water partition coefficient (Wildman–Crippen LogP) is 1.95. The van der Waals surface area contributed by atoms with E-state index in [0.29, 0.717) is 18.0 Å². The molecule has 0 heterocycles. The second-order valence-corrected chi connectivity index (χ2v) is 3.54. The number of nitrogens with one attached hydrogen (secondary N) is 1. The van der Waals surface area contributed by atoms with Gasteiger partial charge in [-0.1, -0.05) is 19.1 Å². The van der Waals surface area contributed by atoms with Crippen molar-refractivity contribution in [2.45, 2.75) is 13.3 Å². The average Bonchev–Trinajstić information content (AvgIpc) is 2.38. The van der Waals surface area contributed by atoms with Gasteiger partial charge in [0.05, 0.1) is 5.69 Å². The highest BCUT2D eigenvalue weighted by Gasteiger charge is 2.07. The molecule has 1 aromatic carbocycles. The number of carbonyl (C=O) groups excluding carboxylic acids is 1. The molecule has 1 amide bonds. The molecule has 0 aromatic heterocycles. The van der Waals surface area contributed by atoms with Crippen molar-refractivity contribution in [3.8, 4) is 11.8 Å². The van der Waals surface area contributed by atoms with E-state index in [4.69, 9.17) is 14.7 Å². The maximum Gasteiger partial charge on any atom is 0.250 e. The highest BCUT2D eigenvalue weighted by atomic mass is 16.5. The van der Waals surface area contributed by atoms with Gasteiger partial charge in [0.25, 0.3) is 0 Å². The lowest BCUT2D eigenvalue weighted by Crippen LogP contribution is -2.19. The van der Waals surface area contributed by atoms with Gasteiger partial charge in [0.2, 0.25) is 5.91 Å². The molecule has 0 fully saturated rings. The third-order valence-corrected chi connectivity index (χ3v) is 2.03. The zero-order valence-electron chi connectivity index (χ0n) is 10.3. The third kappa shape index (κ3) is 4.85. The van der Waals surface area contributed by atoms with Crippen LogP contribution in [0.15, 0.2) is 24.3 Å². The first-order valence-electron chi connectivity index (χ1n) is 5.74. The van der Waals surface area contributed by atoms with E-state index in [0.717, 1.165) is 6.42 Å². The predicted molar refractivity (Wildman–Crippen MR) is 67.3 cm³/mol. The van der Waals surface area contributed by atoms with Crippen LogP contribution in [0.2, 0.25) is 0 Å². The quantitative estimate of drug-likeness (QED) is 0.749. The Morgan fingerprint density at radius 1 is 1.44 bits per heavy atom. The van der Waals surface area contributed by atoms with E-state index in [1.165, 1.54) is 0 Å². The monoisotopic (exact) mass is 248 g/mol. The van der Waals surface area contributed by atoms with Gasteiger partial charge in [-0.3, -0.25) is 4.79 Å². The molecule has 1 aromatic rings. The molecule has 0 unspecified atom stereocenters. The molecule has 5 nitrogen and oxygen atoms in total. The van der Waals surface area contributed by atoms with Crippen LogP contribution in [0.25, 0.3) is 0 Å². The Morgan fingerprint density at radius 2 is 2.22 bits per heavy atom. The van der Waals surface area contributed by atoms with Crippen LogP contribution in [-0.2, 0) is 9.53 Å². The molecule has 1 rings (SSSR count). The van der Waals surface area contributed by atoms with Gasteiger partial charge in [0.15, 0.2) is 6.61 Å². The van der Waals surface area contributed by atoms with Gasteiger partial charge in [0, 0.05) is 6.61 Å². The van der Waals surface area contributed by atoms with Crippen molar-refractivity contribution >= 4 is 11.6 Å². The number of rotatable bonds is 7. The van der Waals surface area contributed by atoms with E-state index >= 15 is 0 Å². The Morgan fingerprint density at radius 3 is 2.94 bits per heavy atom. The molecule has 5 heteroatoms. The normalized spacial score (nSPS) is 9.56. The number of benzene rings is 1. The van der Waals surface area contributed by atoms with Gasteiger partial charge in [0.1, 0.15) is 18.4 Å². The van der Waals surface area contributed by atoms with Crippen molar-refractivity contribution in [1.82, 2.24) is 0 Å². The molecular formula is C13H16N2O3. The molecule has 0 atom stereocenters. The Labute approximate surface area is 106 Å². The van der Waals surface area contributed by atoms with Gasteiger partial charge in [-0.15, -0.1) is 0 Å². The number of amides is 1. The minimum Gasteiger partial charge on any atom is -0.477 e. The van der Waals surface area contributed by atoms with E-state index in [9.17, 15) is 4.79 Å². The van der Waals surface area contributed by atoms with Crippen molar-refractivity contribution in [3.05, 3.63) is 24.3 Å². The number of hydrogen-bond donors (Lipinski definition) is 1. The third-order valence-electron chi connectivity index (χ3n) is 2.03. The van der Waals surface area contributed by atoms with Gasteiger partial charge in [-0.2, -0.15) is 5.26 Å². The van der Waals surface area contributed by atoms with Crippen LogP contribution in [0.3, 0.4) is 0 Å². The molecule has 0 aliphatic heterocycles.